The normalized spacial score (nSPS) is 13.2. The third-order valence-electron chi connectivity index (χ3n) is 7.09. The van der Waals surface area contributed by atoms with Crippen molar-refractivity contribution in [3.63, 3.8) is 0 Å². The summed E-state index contributed by atoms with van der Waals surface area (Å²) in [5, 5.41) is 3.83. The Hall–Kier alpha value is -4.10. The molecule has 1 aliphatic rings. The topological polar surface area (TPSA) is 12.0 Å². The van der Waals surface area contributed by atoms with Crippen LogP contribution in [0.15, 0.2) is 121 Å². The smallest absolute Gasteiger partial charge is 0.0467 e. The summed E-state index contributed by atoms with van der Waals surface area (Å²) in [5.74, 6) is 0. The molecule has 0 saturated carbocycles. The highest BCUT2D eigenvalue weighted by Gasteiger charge is 2.36. The van der Waals surface area contributed by atoms with Crippen molar-refractivity contribution in [3.05, 3.63) is 132 Å². The summed E-state index contributed by atoms with van der Waals surface area (Å²) in [6.45, 7) is 4.65. The largest absolute Gasteiger partial charge is 0.355 e. The van der Waals surface area contributed by atoms with Crippen molar-refractivity contribution < 1.29 is 0 Å². The van der Waals surface area contributed by atoms with Gasteiger partial charge in [-0.2, -0.15) is 0 Å². The van der Waals surface area contributed by atoms with Crippen molar-refractivity contribution in [2.45, 2.75) is 19.3 Å². The molecule has 164 valence electrons. The molecular formula is C33H27N. The average molecular weight is 438 g/mol. The van der Waals surface area contributed by atoms with E-state index in [1.807, 2.05) is 0 Å². The lowest BCUT2D eigenvalue weighted by atomic mass is 9.82. The second-order valence-corrected chi connectivity index (χ2v) is 9.52. The highest BCUT2D eigenvalue weighted by Crippen LogP contribution is 2.52. The summed E-state index contributed by atoms with van der Waals surface area (Å²) in [6, 6.07) is 43.4. The van der Waals surface area contributed by atoms with Crippen LogP contribution in [0.5, 0.6) is 0 Å². The van der Waals surface area contributed by atoms with E-state index in [9.17, 15) is 0 Å². The van der Waals surface area contributed by atoms with E-state index in [2.05, 4.69) is 140 Å². The Bertz CT molecular complexity index is 1480. The van der Waals surface area contributed by atoms with Crippen LogP contribution in [0.25, 0.3) is 33.4 Å². The van der Waals surface area contributed by atoms with Crippen molar-refractivity contribution in [3.8, 4) is 33.4 Å². The first kappa shape index (κ1) is 20.5. The highest BCUT2D eigenvalue weighted by molar-refractivity contribution is 5.93. The lowest BCUT2D eigenvalue weighted by molar-refractivity contribution is 0.660. The Labute approximate surface area is 201 Å². The lowest BCUT2D eigenvalue weighted by Crippen LogP contribution is -2.14. The molecule has 6 rings (SSSR count). The fourth-order valence-electron chi connectivity index (χ4n) is 5.32. The van der Waals surface area contributed by atoms with Gasteiger partial charge < -0.3 is 5.32 Å². The van der Waals surface area contributed by atoms with Crippen LogP contribution in [-0.4, -0.2) is 0 Å². The lowest BCUT2D eigenvalue weighted by Gasteiger charge is -2.22. The van der Waals surface area contributed by atoms with Gasteiger partial charge in [0.25, 0.3) is 0 Å². The van der Waals surface area contributed by atoms with Gasteiger partial charge in [-0.25, -0.2) is 0 Å². The molecule has 5 aromatic carbocycles. The molecule has 0 aliphatic heterocycles. The predicted molar refractivity (Wildman–Crippen MR) is 145 cm³/mol. The maximum Gasteiger partial charge on any atom is 0.0467 e. The number of hydrogen-bond donors (Lipinski definition) is 1. The number of nitrogens with one attached hydrogen (secondary N) is 1. The average Bonchev–Trinajstić information content (AvgIpc) is 3.13. The number of rotatable bonds is 4. The Balaban J connectivity index is 1.50. The Morgan fingerprint density at radius 3 is 1.88 bits per heavy atom. The van der Waals surface area contributed by atoms with Gasteiger partial charge in [0.15, 0.2) is 0 Å². The van der Waals surface area contributed by atoms with Gasteiger partial charge >= 0.3 is 0 Å². The Morgan fingerprint density at radius 2 is 1.12 bits per heavy atom. The van der Waals surface area contributed by atoms with E-state index in [-0.39, 0.29) is 5.41 Å². The molecule has 0 bridgehead atoms. The number of benzene rings is 5. The maximum absolute atomic E-state index is 3.83. The van der Waals surface area contributed by atoms with Crippen LogP contribution < -0.4 is 5.32 Å². The zero-order chi connectivity index (χ0) is 23.1. The number of fused-ring (bicyclic) bond motifs is 3. The van der Waals surface area contributed by atoms with Crippen LogP contribution in [0.4, 0.5) is 11.4 Å². The summed E-state index contributed by atoms with van der Waals surface area (Å²) in [6.07, 6.45) is 0. The van der Waals surface area contributed by atoms with Crippen LogP contribution in [0.2, 0.25) is 0 Å². The molecule has 0 radical (unpaired) electrons. The minimum absolute atomic E-state index is 0.0109. The Morgan fingerprint density at radius 1 is 0.471 bits per heavy atom. The predicted octanol–water partition coefficient (Wildman–Crippen LogP) is 9.07. The molecule has 0 spiro atoms. The monoisotopic (exact) mass is 437 g/mol. The van der Waals surface area contributed by atoms with Gasteiger partial charge in [-0.3, -0.25) is 0 Å². The first-order chi connectivity index (χ1) is 16.6. The SMILES string of the molecule is CC1(C)c2ccccc2-c2c(Nc3ccc(-c4ccccc4)cc3-c3ccccc3)cccc21. The molecule has 0 amide bonds. The molecule has 5 aromatic rings. The fourth-order valence-corrected chi connectivity index (χ4v) is 5.32. The zero-order valence-corrected chi connectivity index (χ0v) is 19.5. The van der Waals surface area contributed by atoms with Crippen molar-refractivity contribution >= 4 is 11.4 Å². The van der Waals surface area contributed by atoms with Gasteiger partial charge in [0.05, 0.1) is 0 Å². The van der Waals surface area contributed by atoms with E-state index in [0.717, 1.165) is 11.4 Å². The Kier molecular flexibility index (Phi) is 4.85. The van der Waals surface area contributed by atoms with E-state index in [1.165, 1.54) is 44.5 Å². The van der Waals surface area contributed by atoms with Gasteiger partial charge in [-0.1, -0.05) is 117 Å². The van der Waals surface area contributed by atoms with Gasteiger partial charge in [0, 0.05) is 27.9 Å². The van der Waals surface area contributed by atoms with Crippen molar-refractivity contribution in [2.75, 3.05) is 5.32 Å². The van der Waals surface area contributed by atoms with Gasteiger partial charge in [-0.15, -0.1) is 0 Å². The van der Waals surface area contributed by atoms with Crippen LogP contribution in [-0.2, 0) is 5.41 Å². The van der Waals surface area contributed by atoms with E-state index in [4.69, 9.17) is 0 Å². The van der Waals surface area contributed by atoms with Crippen LogP contribution in [0.1, 0.15) is 25.0 Å². The first-order valence-electron chi connectivity index (χ1n) is 11.9. The van der Waals surface area contributed by atoms with Gasteiger partial charge in [-0.05, 0) is 51.6 Å². The second kappa shape index (κ2) is 8.04. The van der Waals surface area contributed by atoms with Gasteiger partial charge in [0.2, 0.25) is 0 Å². The molecule has 0 atom stereocenters. The summed E-state index contributed by atoms with van der Waals surface area (Å²) in [4.78, 5) is 0. The second-order valence-electron chi connectivity index (χ2n) is 9.52. The van der Waals surface area contributed by atoms with Crippen molar-refractivity contribution in [1.82, 2.24) is 0 Å². The molecule has 1 aliphatic carbocycles. The first-order valence-corrected chi connectivity index (χ1v) is 11.9. The molecule has 0 unspecified atom stereocenters. The quantitative estimate of drug-likeness (QED) is 0.296. The standard InChI is InChI=1S/C33H27N/c1-33(2)28-17-10-9-16-26(28)32-29(33)18-11-19-31(32)34-30-21-20-25(23-12-5-3-6-13-23)22-27(30)24-14-7-4-8-15-24/h3-22,34H,1-2H3. The van der Waals surface area contributed by atoms with Crippen LogP contribution in [0.3, 0.4) is 0 Å². The van der Waals surface area contributed by atoms with Crippen LogP contribution in [0, 0.1) is 0 Å². The minimum Gasteiger partial charge on any atom is -0.355 e. The molecular weight excluding hydrogens is 410 g/mol. The zero-order valence-electron chi connectivity index (χ0n) is 19.5. The molecule has 1 heteroatoms. The van der Waals surface area contributed by atoms with Crippen molar-refractivity contribution in [1.29, 1.82) is 0 Å². The molecule has 0 aromatic heterocycles. The van der Waals surface area contributed by atoms with E-state index < -0.39 is 0 Å². The maximum atomic E-state index is 3.83. The molecule has 1 nitrogen and oxygen atoms in total. The van der Waals surface area contributed by atoms with Crippen LogP contribution >= 0.6 is 0 Å². The fraction of sp³-hybridized carbons (Fsp3) is 0.0909. The van der Waals surface area contributed by atoms with Crippen molar-refractivity contribution in [2.24, 2.45) is 0 Å². The summed E-state index contributed by atoms with van der Waals surface area (Å²) in [7, 11) is 0. The molecule has 0 fully saturated rings. The van der Waals surface area contributed by atoms with Gasteiger partial charge in [0.1, 0.15) is 0 Å². The highest BCUT2D eigenvalue weighted by atomic mass is 14.9. The van der Waals surface area contributed by atoms with E-state index in [1.54, 1.807) is 0 Å². The van der Waals surface area contributed by atoms with E-state index >= 15 is 0 Å². The summed E-state index contributed by atoms with van der Waals surface area (Å²) in [5.41, 5.74) is 12.5. The molecule has 0 saturated heterocycles. The minimum atomic E-state index is -0.0109. The number of hydrogen-bond acceptors (Lipinski definition) is 1. The summed E-state index contributed by atoms with van der Waals surface area (Å²) < 4.78 is 0. The molecule has 34 heavy (non-hydrogen) atoms. The molecule has 0 heterocycles. The molecule has 1 N–H and O–H groups in total. The third kappa shape index (κ3) is 3.33. The number of anilines is 2. The van der Waals surface area contributed by atoms with E-state index in [0.29, 0.717) is 0 Å². The third-order valence-corrected chi connectivity index (χ3v) is 7.09. The summed E-state index contributed by atoms with van der Waals surface area (Å²) >= 11 is 0.